The van der Waals surface area contributed by atoms with Crippen molar-refractivity contribution in [2.45, 2.75) is 0 Å². The molecule has 7 aromatic carbocycles. The van der Waals surface area contributed by atoms with E-state index in [1.165, 1.54) is 26.9 Å². The average Bonchev–Trinajstić information content (AvgIpc) is 3.17. The van der Waals surface area contributed by atoms with E-state index in [4.69, 9.17) is 19.9 Å². The van der Waals surface area contributed by atoms with E-state index >= 15 is 0 Å². The first kappa shape index (κ1) is 26.6. The summed E-state index contributed by atoms with van der Waals surface area (Å²) in [6.07, 6.45) is 1.82. The standard InChI is InChI=1S/C43H25N5/c1-2-6-32(7-3-1)41-46-42(33-17-11-26(12-18-33)36-24-21-31-16-15-30-10-5-25-44-39(30)40(31)45-36)48-43(47-41)35-23-20-29-14-13-27-8-4-9-28-19-22-34(35)38(29)37(27)28/h1-25H. The lowest BCUT2D eigenvalue weighted by Crippen LogP contribution is -2.01. The van der Waals surface area contributed by atoms with Crippen LogP contribution in [0.3, 0.4) is 0 Å². The first-order chi connectivity index (χ1) is 23.8. The average molecular weight is 612 g/mol. The number of hydrogen-bond acceptors (Lipinski definition) is 5. The van der Waals surface area contributed by atoms with Crippen molar-refractivity contribution < 1.29 is 0 Å². The molecule has 0 aliphatic rings. The van der Waals surface area contributed by atoms with Crippen molar-refractivity contribution in [1.82, 2.24) is 24.9 Å². The smallest absolute Gasteiger partial charge is 0.164 e. The van der Waals surface area contributed by atoms with Gasteiger partial charge in [0.1, 0.15) is 0 Å². The van der Waals surface area contributed by atoms with E-state index in [9.17, 15) is 0 Å². The van der Waals surface area contributed by atoms with E-state index in [0.29, 0.717) is 17.5 Å². The van der Waals surface area contributed by atoms with Crippen molar-refractivity contribution in [3.8, 4) is 45.4 Å². The summed E-state index contributed by atoms with van der Waals surface area (Å²) in [6.45, 7) is 0. The lowest BCUT2D eigenvalue weighted by molar-refractivity contribution is 1.08. The van der Waals surface area contributed by atoms with E-state index in [0.717, 1.165) is 55.1 Å². The minimum Gasteiger partial charge on any atom is -0.254 e. The van der Waals surface area contributed by atoms with E-state index < -0.39 is 0 Å². The van der Waals surface area contributed by atoms with Crippen LogP contribution in [0, 0.1) is 0 Å². The molecule has 0 fully saturated rings. The second-order valence-corrected chi connectivity index (χ2v) is 12.1. The molecule has 0 atom stereocenters. The zero-order chi connectivity index (χ0) is 31.6. The number of aromatic nitrogens is 5. The topological polar surface area (TPSA) is 64.5 Å². The Kier molecular flexibility index (Phi) is 5.81. The minimum atomic E-state index is 0.623. The van der Waals surface area contributed by atoms with Gasteiger partial charge in [0.05, 0.1) is 16.7 Å². The Labute approximate surface area is 275 Å². The van der Waals surface area contributed by atoms with Crippen LogP contribution < -0.4 is 0 Å². The van der Waals surface area contributed by atoms with E-state index in [-0.39, 0.29) is 0 Å². The van der Waals surface area contributed by atoms with Gasteiger partial charge in [0, 0.05) is 39.2 Å². The molecule has 0 N–H and O–H groups in total. The van der Waals surface area contributed by atoms with Crippen LogP contribution in [0.1, 0.15) is 0 Å². The van der Waals surface area contributed by atoms with Crippen LogP contribution in [0.15, 0.2) is 152 Å². The number of pyridine rings is 2. The van der Waals surface area contributed by atoms with Gasteiger partial charge < -0.3 is 0 Å². The molecule has 5 heteroatoms. The van der Waals surface area contributed by atoms with E-state index in [1.54, 1.807) is 0 Å². The van der Waals surface area contributed by atoms with Gasteiger partial charge in [0.15, 0.2) is 17.5 Å². The molecule has 0 aliphatic carbocycles. The van der Waals surface area contributed by atoms with Gasteiger partial charge in [-0.25, -0.2) is 19.9 Å². The molecule has 3 heterocycles. The number of fused-ring (bicyclic) bond motifs is 3. The molecular formula is C43H25N5. The summed E-state index contributed by atoms with van der Waals surface area (Å²) >= 11 is 0. The fourth-order valence-corrected chi connectivity index (χ4v) is 6.95. The molecular weight excluding hydrogens is 587 g/mol. The Morgan fingerprint density at radius 2 is 0.917 bits per heavy atom. The maximum Gasteiger partial charge on any atom is 0.164 e. The van der Waals surface area contributed by atoms with Crippen LogP contribution in [0.2, 0.25) is 0 Å². The van der Waals surface area contributed by atoms with Crippen LogP contribution in [0.4, 0.5) is 0 Å². The Morgan fingerprint density at radius 3 is 1.71 bits per heavy atom. The first-order valence-electron chi connectivity index (χ1n) is 16.0. The van der Waals surface area contributed by atoms with Crippen LogP contribution >= 0.6 is 0 Å². The van der Waals surface area contributed by atoms with Crippen molar-refractivity contribution in [3.63, 3.8) is 0 Å². The van der Waals surface area contributed by atoms with Gasteiger partial charge in [-0.3, -0.25) is 4.98 Å². The Morgan fingerprint density at radius 1 is 0.333 bits per heavy atom. The summed E-state index contributed by atoms with van der Waals surface area (Å²) < 4.78 is 0. The van der Waals surface area contributed by atoms with E-state index in [2.05, 4.69) is 114 Å². The molecule has 0 aliphatic heterocycles. The third-order valence-corrected chi connectivity index (χ3v) is 9.31. The van der Waals surface area contributed by atoms with Crippen molar-refractivity contribution in [1.29, 1.82) is 0 Å². The van der Waals surface area contributed by atoms with Crippen LogP contribution in [-0.2, 0) is 0 Å². The summed E-state index contributed by atoms with van der Waals surface area (Å²) in [5, 5.41) is 9.46. The number of benzene rings is 7. The highest BCUT2D eigenvalue weighted by molar-refractivity contribution is 6.25. The van der Waals surface area contributed by atoms with Crippen molar-refractivity contribution in [3.05, 3.63) is 152 Å². The quantitative estimate of drug-likeness (QED) is 0.185. The van der Waals surface area contributed by atoms with Crippen molar-refractivity contribution in [2.75, 3.05) is 0 Å². The highest BCUT2D eigenvalue weighted by Gasteiger charge is 2.17. The highest BCUT2D eigenvalue weighted by atomic mass is 15.0. The minimum absolute atomic E-state index is 0.623. The molecule has 10 rings (SSSR count). The number of hydrogen-bond donors (Lipinski definition) is 0. The highest BCUT2D eigenvalue weighted by Crippen LogP contribution is 2.39. The Hall–Kier alpha value is -6.59. The third kappa shape index (κ3) is 4.22. The molecule has 222 valence electrons. The molecule has 0 radical (unpaired) electrons. The lowest BCUT2D eigenvalue weighted by Gasteiger charge is -2.14. The molecule has 48 heavy (non-hydrogen) atoms. The predicted octanol–water partition coefficient (Wildman–Crippen LogP) is 10.5. The predicted molar refractivity (Wildman–Crippen MR) is 196 cm³/mol. The summed E-state index contributed by atoms with van der Waals surface area (Å²) in [5.74, 6) is 1.91. The monoisotopic (exact) mass is 611 g/mol. The number of nitrogens with zero attached hydrogens (tertiary/aromatic N) is 5. The normalized spacial score (nSPS) is 11.8. The summed E-state index contributed by atoms with van der Waals surface area (Å²) in [7, 11) is 0. The molecule has 5 nitrogen and oxygen atoms in total. The molecule has 0 amide bonds. The van der Waals surface area contributed by atoms with Gasteiger partial charge in [0.25, 0.3) is 0 Å². The van der Waals surface area contributed by atoms with Crippen LogP contribution in [0.5, 0.6) is 0 Å². The second kappa shape index (κ2) is 10.5. The van der Waals surface area contributed by atoms with Crippen LogP contribution in [0.25, 0.3) is 99.5 Å². The third-order valence-electron chi connectivity index (χ3n) is 9.31. The molecule has 10 aromatic rings. The SMILES string of the molecule is c1ccc(-c2nc(-c3ccc(-c4ccc5ccc6cccnc6c5n4)cc3)nc(-c3ccc4ccc5cccc6ccc3c4c56)n2)cc1. The molecule has 3 aromatic heterocycles. The van der Waals surface area contributed by atoms with Gasteiger partial charge >= 0.3 is 0 Å². The molecule has 0 spiro atoms. The Bertz CT molecular complexity index is 2810. The summed E-state index contributed by atoms with van der Waals surface area (Å²) in [5.41, 5.74) is 6.55. The summed E-state index contributed by atoms with van der Waals surface area (Å²) in [4.78, 5) is 24.8. The molecule has 0 saturated carbocycles. The van der Waals surface area contributed by atoms with E-state index in [1.807, 2.05) is 42.6 Å². The van der Waals surface area contributed by atoms with Crippen molar-refractivity contribution in [2.24, 2.45) is 0 Å². The molecule has 0 bridgehead atoms. The second-order valence-electron chi connectivity index (χ2n) is 12.1. The molecule has 0 unspecified atom stereocenters. The van der Waals surface area contributed by atoms with Crippen LogP contribution in [-0.4, -0.2) is 24.9 Å². The number of rotatable bonds is 4. The van der Waals surface area contributed by atoms with Gasteiger partial charge in [-0.15, -0.1) is 0 Å². The Balaban J connectivity index is 1.12. The van der Waals surface area contributed by atoms with Gasteiger partial charge in [-0.05, 0) is 50.5 Å². The fourth-order valence-electron chi connectivity index (χ4n) is 6.95. The van der Waals surface area contributed by atoms with Gasteiger partial charge in [0.2, 0.25) is 0 Å². The van der Waals surface area contributed by atoms with Crippen molar-refractivity contribution >= 4 is 54.1 Å². The maximum atomic E-state index is 5.11. The summed E-state index contributed by atoms with van der Waals surface area (Å²) in [6, 6.07) is 50.4. The lowest BCUT2D eigenvalue weighted by atomic mass is 9.92. The fraction of sp³-hybridized carbons (Fsp3) is 0. The maximum absolute atomic E-state index is 5.11. The molecule has 0 saturated heterocycles. The first-order valence-corrected chi connectivity index (χ1v) is 16.0. The zero-order valence-electron chi connectivity index (χ0n) is 25.7. The largest absolute Gasteiger partial charge is 0.254 e. The van der Waals surface area contributed by atoms with Gasteiger partial charge in [-0.1, -0.05) is 127 Å². The zero-order valence-corrected chi connectivity index (χ0v) is 25.7. The van der Waals surface area contributed by atoms with Gasteiger partial charge in [-0.2, -0.15) is 0 Å².